The number of thioether (sulfide) groups is 1. The van der Waals surface area contributed by atoms with Crippen LogP contribution in [0.1, 0.15) is 6.42 Å². The number of nitrogens with zero attached hydrogens (tertiary/aromatic N) is 1. The van der Waals surface area contributed by atoms with Crippen LogP contribution in [0.5, 0.6) is 0 Å². The van der Waals surface area contributed by atoms with Crippen molar-refractivity contribution in [2.24, 2.45) is 0 Å². The van der Waals surface area contributed by atoms with E-state index < -0.39 is 4.92 Å². The van der Waals surface area contributed by atoms with E-state index in [0.717, 1.165) is 18.4 Å². The van der Waals surface area contributed by atoms with Crippen molar-refractivity contribution in [3.05, 3.63) is 52.7 Å². The van der Waals surface area contributed by atoms with Gasteiger partial charge in [0.05, 0.1) is 4.92 Å². The van der Waals surface area contributed by atoms with Gasteiger partial charge in [0, 0.05) is 10.6 Å². The lowest BCUT2D eigenvalue weighted by atomic mass is 10.4. The molecule has 1 rings (SSSR count). The van der Waals surface area contributed by atoms with E-state index in [-0.39, 0.29) is 0 Å². The normalized spacial score (nSPS) is 10.6. The van der Waals surface area contributed by atoms with Crippen LogP contribution in [0.25, 0.3) is 0 Å². The fourth-order valence-corrected chi connectivity index (χ4v) is 1.76. The molecule has 0 atom stereocenters. The van der Waals surface area contributed by atoms with Crippen LogP contribution in [0.2, 0.25) is 0 Å². The monoisotopic (exact) mass is 209 g/mol. The van der Waals surface area contributed by atoms with Gasteiger partial charge in [-0.25, -0.2) is 0 Å². The van der Waals surface area contributed by atoms with Crippen molar-refractivity contribution >= 4 is 11.8 Å². The number of allylic oxidation sites excluding steroid dienone is 1. The van der Waals surface area contributed by atoms with Crippen LogP contribution >= 0.6 is 11.8 Å². The summed E-state index contributed by atoms with van der Waals surface area (Å²) in [5.41, 5.74) is 0. The Bertz CT molecular complexity index is 311. The molecular weight excluding hydrogens is 198 g/mol. The van der Waals surface area contributed by atoms with Crippen LogP contribution < -0.4 is 0 Å². The van der Waals surface area contributed by atoms with E-state index in [1.165, 1.54) is 4.90 Å². The zero-order chi connectivity index (χ0) is 10.2. The molecule has 0 aliphatic heterocycles. The highest BCUT2D eigenvalue weighted by Gasteiger charge is 1.91. The minimum absolute atomic E-state index is 0.437. The van der Waals surface area contributed by atoms with Gasteiger partial charge in [0.25, 0.3) is 0 Å². The summed E-state index contributed by atoms with van der Waals surface area (Å²) in [4.78, 5) is 10.7. The molecule has 3 nitrogen and oxygen atoms in total. The fourth-order valence-electron chi connectivity index (χ4n) is 0.922. The molecule has 0 bridgehead atoms. The molecular formula is C10H11NO2S. The molecule has 14 heavy (non-hydrogen) atoms. The lowest BCUT2D eigenvalue weighted by Crippen LogP contribution is -1.83. The van der Waals surface area contributed by atoms with Crippen LogP contribution in [0.3, 0.4) is 0 Å². The Hall–Kier alpha value is -1.29. The van der Waals surface area contributed by atoms with E-state index in [2.05, 4.69) is 0 Å². The topological polar surface area (TPSA) is 43.1 Å². The SMILES string of the molecule is O=[N+]([O-])/C=C/CCSc1ccccc1. The van der Waals surface area contributed by atoms with Crippen molar-refractivity contribution in [3.63, 3.8) is 0 Å². The first kappa shape index (κ1) is 10.8. The summed E-state index contributed by atoms with van der Waals surface area (Å²) in [6, 6.07) is 9.99. The van der Waals surface area contributed by atoms with Gasteiger partial charge < -0.3 is 0 Å². The maximum Gasteiger partial charge on any atom is 0.230 e. The molecule has 0 saturated heterocycles. The Morgan fingerprint density at radius 1 is 1.36 bits per heavy atom. The summed E-state index contributed by atoms with van der Waals surface area (Å²) in [6.45, 7) is 0. The lowest BCUT2D eigenvalue weighted by molar-refractivity contribution is -0.402. The Labute approximate surface area is 87.0 Å². The predicted molar refractivity (Wildman–Crippen MR) is 57.9 cm³/mol. The summed E-state index contributed by atoms with van der Waals surface area (Å²) in [5.74, 6) is 0.869. The summed E-state index contributed by atoms with van der Waals surface area (Å²) in [6.07, 6.45) is 3.29. The Morgan fingerprint density at radius 3 is 2.71 bits per heavy atom. The molecule has 0 N–H and O–H groups in total. The molecule has 0 radical (unpaired) electrons. The third-order valence-electron chi connectivity index (χ3n) is 1.52. The molecule has 1 aromatic carbocycles. The van der Waals surface area contributed by atoms with Gasteiger partial charge >= 0.3 is 0 Å². The second-order valence-electron chi connectivity index (χ2n) is 2.62. The van der Waals surface area contributed by atoms with Crippen molar-refractivity contribution in [1.29, 1.82) is 0 Å². The van der Waals surface area contributed by atoms with Gasteiger partial charge in [-0.15, -0.1) is 11.8 Å². The maximum absolute atomic E-state index is 9.94. The second-order valence-corrected chi connectivity index (χ2v) is 3.79. The van der Waals surface area contributed by atoms with Crippen LogP contribution in [-0.4, -0.2) is 10.7 Å². The average molecular weight is 209 g/mol. The molecule has 0 aromatic heterocycles. The average Bonchev–Trinajstić information content (AvgIpc) is 2.18. The third kappa shape index (κ3) is 4.67. The third-order valence-corrected chi connectivity index (χ3v) is 2.57. The predicted octanol–water partition coefficient (Wildman–Crippen LogP) is 2.96. The minimum atomic E-state index is -0.437. The molecule has 0 unspecified atom stereocenters. The van der Waals surface area contributed by atoms with Crippen LogP contribution in [0.15, 0.2) is 47.5 Å². The number of nitro groups is 1. The fraction of sp³-hybridized carbons (Fsp3) is 0.200. The molecule has 74 valence electrons. The largest absolute Gasteiger partial charge is 0.259 e. The highest BCUT2D eigenvalue weighted by Crippen LogP contribution is 2.17. The zero-order valence-electron chi connectivity index (χ0n) is 7.63. The smallest absolute Gasteiger partial charge is 0.230 e. The highest BCUT2D eigenvalue weighted by atomic mass is 32.2. The number of hydrogen-bond acceptors (Lipinski definition) is 3. The van der Waals surface area contributed by atoms with E-state index in [1.54, 1.807) is 17.8 Å². The van der Waals surface area contributed by atoms with E-state index in [4.69, 9.17) is 0 Å². The quantitative estimate of drug-likeness (QED) is 0.324. The highest BCUT2D eigenvalue weighted by molar-refractivity contribution is 7.99. The van der Waals surface area contributed by atoms with E-state index in [9.17, 15) is 10.1 Å². The molecule has 0 aliphatic carbocycles. The molecule has 0 aliphatic rings. The van der Waals surface area contributed by atoms with Crippen molar-refractivity contribution in [1.82, 2.24) is 0 Å². The standard InChI is InChI=1S/C10H11NO2S/c12-11(13)8-4-5-9-14-10-6-2-1-3-7-10/h1-4,6-8H,5,9H2/b8-4+. The Morgan fingerprint density at radius 2 is 2.07 bits per heavy atom. The molecule has 0 amide bonds. The number of benzene rings is 1. The van der Waals surface area contributed by atoms with Gasteiger partial charge in [-0.05, 0) is 24.6 Å². The van der Waals surface area contributed by atoms with E-state index in [1.807, 2.05) is 30.3 Å². The first-order valence-corrected chi connectivity index (χ1v) is 5.25. The Kier molecular flexibility index (Phi) is 4.78. The van der Waals surface area contributed by atoms with Crippen molar-refractivity contribution in [3.8, 4) is 0 Å². The molecule has 0 fully saturated rings. The molecule has 4 heteroatoms. The molecule has 0 spiro atoms. The van der Waals surface area contributed by atoms with Gasteiger partial charge in [-0.2, -0.15) is 0 Å². The summed E-state index contributed by atoms with van der Waals surface area (Å²) < 4.78 is 0. The van der Waals surface area contributed by atoms with Crippen molar-refractivity contribution in [2.75, 3.05) is 5.75 Å². The summed E-state index contributed by atoms with van der Waals surface area (Å²) in [5, 5.41) is 9.94. The maximum atomic E-state index is 9.94. The van der Waals surface area contributed by atoms with Gasteiger partial charge in [0.1, 0.15) is 0 Å². The first-order chi connectivity index (χ1) is 6.79. The summed E-state index contributed by atoms with van der Waals surface area (Å²) in [7, 11) is 0. The lowest BCUT2D eigenvalue weighted by Gasteiger charge is -1.96. The molecule has 0 heterocycles. The number of hydrogen-bond donors (Lipinski definition) is 0. The van der Waals surface area contributed by atoms with Gasteiger partial charge in [0.15, 0.2) is 0 Å². The molecule has 1 aromatic rings. The second kappa shape index (κ2) is 6.21. The van der Waals surface area contributed by atoms with Gasteiger partial charge in [-0.1, -0.05) is 18.2 Å². The van der Waals surface area contributed by atoms with Gasteiger partial charge in [0.2, 0.25) is 6.20 Å². The molecule has 0 saturated carbocycles. The number of rotatable bonds is 5. The van der Waals surface area contributed by atoms with Crippen molar-refractivity contribution < 1.29 is 4.92 Å². The Balaban J connectivity index is 2.19. The first-order valence-electron chi connectivity index (χ1n) is 4.27. The van der Waals surface area contributed by atoms with Crippen LogP contribution in [0.4, 0.5) is 0 Å². The summed E-state index contributed by atoms with van der Waals surface area (Å²) >= 11 is 1.70. The van der Waals surface area contributed by atoms with Gasteiger partial charge in [-0.3, -0.25) is 10.1 Å². The van der Waals surface area contributed by atoms with E-state index in [0.29, 0.717) is 0 Å². The van der Waals surface area contributed by atoms with Crippen molar-refractivity contribution in [2.45, 2.75) is 11.3 Å². The minimum Gasteiger partial charge on any atom is -0.259 e. The van der Waals surface area contributed by atoms with E-state index >= 15 is 0 Å². The van der Waals surface area contributed by atoms with Crippen LogP contribution in [0, 0.1) is 10.1 Å². The zero-order valence-corrected chi connectivity index (χ0v) is 8.44. The van der Waals surface area contributed by atoms with Crippen LogP contribution in [-0.2, 0) is 0 Å².